The van der Waals surface area contributed by atoms with Crippen LogP contribution in [0.2, 0.25) is 0 Å². The third kappa shape index (κ3) is 2.97. The predicted octanol–water partition coefficient (Wildman–Crippen LogP) is 2.33. The molecule has 0 aliphatic carbocycles. The topological polar surface area (TPSA) is 29.1 Å². The predicted molar refractivity (Wildman–Crippen MR) is 55.3 cm³/mol. The van der Waals surface area contributed by atoms with Crippen LogP contribution in [0.1, 0.15) is 33.6 Å². The van der Waals surface area contributed by atoms with Crippen molar-refractivity contribution in [1.29, 1.82) is 0 Å². The number of rotatable bonds is 2. The number of Topliss-reactive ketones (excluding diaryl/α,β-unsaturated/α-hetero) is 1. The molecule has 0 aromatic heterocycles. The van der Waals surface area contributed by atoms with Crippen molar-refractivity contribution >= 4 is 5.78 Å². The van der Waals surface area contributed by atoms with Crippen LogP contribution in [-0.2, 0) is 4.79 Å². The minimum Gasteiger partial charge on any atom is -0.297 e. The van der Waals surface area contributed by atoms with E-state index in [9.17, 15) is 18.0 Å². The van der Waals surface area contributed by atoms with Gasteiger partial charge in [-0.15, -0.1) is 0 Å². The van der Waals surface area contributed by atoms with Gasteiger partial charge in [-0.2, -0.15) is 0 Å². The summed E-state index contributed by atoms with van der Waals surface area (Å²) >= 11 is 0. The SMILES string of the molecule is CC(C)(C)C(=O)C1CCC(F)C(C(F)F)N1. The number of ketones is 1. The first-order valence-corrected chi connectivity index (χ1v) is 5.46. The van der Waals surface area contributed by atoms with Gasteiger partial charge in [-0.25, -0.2) is 13.2 Å². The van der Waals surface area contributed by atoms with E-state index in [4.69, 9.17) is 0 Å². The van der Waals surface area contributed by atoms with E-state index in [-0.39, 0.29) is 12.2 Å². The molecule has 0 amide bonds. The highest BCUT2D eigenvalue weighted by Gasteiger charge is 2.40. The van der Waals surface area contributed by atoms with Crippen LogP contribution in [0.15, 0.2) is 0 Å². The van der Waals surface area contributed by atoms with Gasteiger partial charge in [0.05, 0.1) is 6.04 Å². The van der Waals surface area contributed by atoms with Gasteiger partial charge in [0, 0.05) is 5.41 Å². The lowest BCUT2D eigenvalue weighted by Gasteiger charge is -2.35. The van der Waals surface area contributed by atoms with E-state index in [0.717, 1.165) is 0 Å². The molecule has 0 spiro atoms. The summed E-state index contributed by atoms with van der Waals surface area (Å²) in [5.74, 6) is -0.134. The van der Waals surface area contributed by atoms with Crippen LogP contribution >= 0.6 is 0 Å². The largest absolute Gasteiger partial charge is 0.297 e. The summed E-state index contributed by atoms with van der Waals surface area (Å²) in [6, 6.07) is -2.16. The average Bonchev–Trinajstić information content (AvgIpc) is 2.15. The molecule has 94 valence electrons. The molecule has 0 aromatic rings. The molecular formula is C11H18F3NO. The van der Waals surface area contributed by atoms with E-state index in [1.54, 1.807) is 20.8 Å². The van der Waals surface area contributed by atoms with E-state index < -0.39 is 30.1 Å². The van der Waals surface area contributed by atoms with Crippen LogP contribution in [0.25, 0.3) is 0 Å². The molecule has 16 heavy (non-hydrogen) atoms. The zero-order valence-corrected chi connectivity index (χ0v) is 9.77. The molecule has 1 saturated heterocycles. The fourth-order valence-corrected chi connectivity index (χ4v) is 1.89. The van der Waals surface area contributed by atoms with Crippen molar-refractivity contribution in [3.63, 3.8) is 0 Å². The molecule has 1 heterocycles. The van der Waals surface area contributed by atoms with Gasteiger partial charge in [0.15, 0.2) is 5.78 Å². The lowest BCUT2D eigenvalue weighted by Crippen LogP contribution is -2.57. The van der Waals surface area contributed by atoms with Crippen LogP contribution in [0.5, 0.6) is 0 Å². The zero-order chi connectivity index (χ0) is 12.5. The molecule has 0 saturated carbocycles. The molecule has 1 N–H and O–H groups in total. The van der Waals surface area contributed by atoms with Crippen molar-refractivity contribution in [3.05, 3.63) is 0 Å². The number of hydrogen-bond acceptors (Lipinski definition) is 2. The molecule has 0 bridgehead atoms. The number of carbonyl (C=O) groups is 1. The average molecular weight is 237 g/mol. The van der Waals surface area contributed by atoms with Crippen LogP contribution in [0.4, 0.5) is 13.2 Å². The third-order valence-electron chi connectivity index (χ3n) is 2.84. The maximum absolute atomic E-state index is 13.2. The second-order valence-electron chi connectivity index (χ2n) is 5.29. The fraction of sp³-hybridized carbons (Fsp3) is 0.909. The summed E-state index contributed by atoms with van der Waals surface area (Å²) in [5.41, 5.74) is -0.590. The second kappa shape index (κ2) is 4.73. The molecule has 3 unspecified atom stereocenters. The van der Waals surface area contributed by atoms with Crippen molar-refractivity contribution in [2.45, 2.75) is 58.3 Å². The van der Waals surface area contributed by atoms with Crippen LogP contribution in [0, 0.1) is 5.41 Å². The summed E-state index contributed by atoms with van der Waals surface area (Å²) in [4.78, 5) is 11.9. The Morgan fingerprint density at radius 2 is 1.88 bits per heavy atom. The van der Waals surface area contributed by atoms with E-state index >= 15 is 0 Å². The van der Waals surface area contributed by atoms with Crippen LogP contribution in [0.3, 0.4) is 0 Å². The third-order valence-corrected chi connectivity index (χ3v) is 2.84. The minimum absolute atomic E-state index is 0.0223. The van der Waals surface area contributed by atoms with Gasteiger partial charge in [-0.3, -0.25) is 10.1 Å². The Balaban J connectivity index is 2.69. The monoisotopic (exact) mass is 237 g/mol. The lowest BCUT2D eigenvalue weighted by atomic mass is 9.82. The smallest absolute Gasteiger partial charge is 0.256 e. The first kappa shape index (κ1) is 13.5. The van der Waals surface area contributed by atoms with Crippen molar-refractivity contribution in [3.8, 4) is 0 Å². The first-order valence-electron chi connectivity index (χ1n) is 5.46. The molecule has 5 heteroatoms. The van der Waals surface area contributed by atoms with Crippen molar-refractivity contribution in [2.75, 3.05) is 0 Å². The number of piperidine rings is 1. The summed E-state index contributed by atoms with van der Waals surface area (Å²) in [6.07, 6.45) is -4.02. The molecule has 1 aliphatic rings. The molecule has 0 radical (unpaired) electrons. The minimum atomic E-state index is -2.77. The maximum atomic E-state index is 13.2. The van der Waals surface area contributed by atoms with Gasteiger partial charge in [0.2, 0.25) is 0 Å². The summed E-state index contributed by atoms with van der Waals surface area (Å²) < 4.78 is 38.2. The summed E-state index contributed by atoms with van der Waals surface area (Å²) in [6.45, 7) is 5.20. The number of alkyl halides is 3. The van der Waals surface area contributed by atoms with Crippen molar-refractivity contribution in [2.24, 2.45) is 5.41 Å². The van der Waals surface area contributed by atoms with Crippen LogP contribution in [-0.4, -0.2) is 30.5 Å². The first-order chi connectivity index (χ1) is 7.23. The Morgan fingerprint density at radius 3 is 2.31 bits per heavy atom. The highest BCUT2D eigenvalue weighted by molar-refractivity contribution is 5.88. The number of nitrogens with one attached hydrogen (secondary N) is 1. The zero-order valence-electron chi connectivity index (χ0n) is 9.77. The summed E-state index contributed by atoms with van der Waals surface area (Å²) in [5, 5.41) is 2.43. The Labute approximate surface area is 93.6 Å². The highest BCUT2D eigenvalue weighted by Crippen LogP contribution is 2.26. The molecule has 3 atom stereocenters. The van der Waals surface area contributed by atoms with Gasteiger partial charge in [-0.05, 0) is 12.8 Å². The Kier molecular flexibility index (Phi) is 3.99. The van der Waals surface area contributed by atoms with Gasteiger partial charge in [-0.1, -0.05) is 20.8 Å². The highest BCUT2D eigenvalue weighted by atomic mass is 19.3. The molecule has 0 aromatic carbocycles. The summed E-state index contributed by atoms with van der Waals surface area (Å²) in [7, 11) is 0. The number of hydrogen-bond donors (Lipinski definition) is 1. The lowest BCUT2D eigenvalue weighted by molar-refractivity contribution is -0.130. The Bertz CT molecular complexity index is 262. The Hall–Kier alpha value is -0.580. The fourth-order valence-electron chi connectivity index (χ4n) is 1.89. The number of halogens is 3. The van der Waals surface area contributed by atoms with Gasteiger partial charge < -0.3 is 0 Å². The number of carbonyl (C=O) groups excluding carboxylic acids is 1. The molecule has 1 aliphatic heterocycles. The molecular weight excluding hydrogens is 219 g/mol. The van der Waals surface area contributed by atoms with E-state index in [1.807, 2.05) is 0 Å². The van der Waals surface area contributed by atoms with Crippen molar-refractivity contribution in [1.82, 2.24) is 5.32 Å². The van der Waals surface area contributed by atoms with Crippen molar-refractivity contribution < 1.29 is 18.0 Å². The molecule has 1 fully saturated rings. The maximum Gasteiger partial charge on any atom is 0.256 e. The van der Waals surface area contributed by atoms with E-state index in [0.29, 0.717) is 6.42 Å². The molecule has 1 rings (SSSR count). The van der Waals surface area contributed by atoms with Crippen LogP contribution < -0.4 is 5.32 Å². The van der Waals surface area contributed by atoms with Gasteiger partial charge >= 0.3 is 0 Å². The quantitative estimate of drug-likeness (QED) is 0.798. The normalized spacial score (nSPS) is 31.8. The van der Waals surface area contributed by atoms with E-state index in [1.165, 1.54) is 0 Å². The van der Waals surface area contributed by atoms with E-state index in [2.05, 4.69) is 5.32 Å². The van der Waals surface area contributed by atoms with Gasteiger partial charge in [0.1, 0.15) is 12.2 Å². The van der Waals surface area contributed by atoms with Gasteiger partial charge in [0.25, 0.3) is 6.43 Å². The molecule has 2 nitrogen and oxygen atoms in total. The second-order valence-corrected chi connectivity index (χ2v) is 5.29. The Morgan fingerprint density at radius 1 is 1.31 bits per heavy atom. The standard InChI is InChI=1S/C11H18F3NO/c1-11(2,3)9(16)7-5-4-6(12)8(15-7)10(13)14/h6-8,10,15H,4-5H2,1-3H3.